The molecule has 58 valence electrons. The maximum Gasteiger partial charge on any atom is 0.174 e. The van der Waals surface area contributed by atoms with Gasteiger partial charge in [0, 0.05) is 6.54 Å². The molecule has 1 heterocycles. The van der Waals surface area contributed by atoms with Gasteiger partial charge >= 0.3 is 0 Å². The van der Waals surface area contributed by atoms with Crippen molar-refractivity contribution < 1.29 is 9.40 Å². The number of hydrogen-bond donors (Lipinski definition) is 1. The molecule has 0 fully saturated rings. The third-order valence-electron chi connectivity index (χ3n) is 1.82. The Bertz CT molecular complexity index is 145. The van der Waals surface area contributed by atoms with E-state index >= 15 is 0 Å². The minimum atomic E-state index is -0.00120. The standard InChI is InChI=1S/C7H13FN2/c1-3-9-5-7(8)6-10(9)4-2/h5H,3-4,6H2,1-2H3/p+1. The fraction of sp³-hybridized carbons (Fsp3) is 0.714. The van der Waals surface area contributed by atoms with Crippen LogP contribution < -0.4 is 5.01 Å². The van der Waals surface area contributed by atoms with Crippen molar-refractivity contribution >= 4 is 0 Å². The maximum atomic E-state index is 12.6. The van der Waals surface area contributed by atoms with Gasteiger partial charge in [-0.25, -0.2) is 9.40 Å². The van der Waals surface area contributed by atoms with Gasteiger partial charge in [0.05, 0.1) is 6.54 Å². The van der Waals surface area contributed by atoms with E-state index in [1.165, 1.54) is 0 Å². The first-order chi connectivity index (χ1) is 4.77. The number of nitrogens with zero attached hydrogens (tertiary/aromatic N) is 1. The molecule has 0 aromatic carbocycles. The van der Waals surface area contributed by atoms with Crippen LogP contribution in [0.2, 0.25) is 0 Å². The largest absolute Gasteiger partial charge is 0.227 e. The topological polar surface area (TPSA) is 7.68 Å². The van der Waals surface area contributed by atoms with E-state index in [1.54, 1.807) is 6.20 Å². The summed E-state index contributed by atoms with van der Waals surface area (Å²) in [6.45, 7) is 6.42. The zero-order valence-electron chi connectivity index (χ0n) is 6.52. The molecule has 10 heavy (non-hydrogen) atoms. The minimum absolute atomic E-state index is 0.00120. The van der Waals surface area contributed by atoms with Gasteiger partial charge in [0.2, 0.25) is 0 Å². The van der Waals surface area contributed by atoms with E-state index in [2.05, 4.69) is 5.01 Å². The van der Waals surface area contributed by atoms with Crippen molar-refractivity contribution in [3.63, 3.8) is 0 Å². The van der Waals surface area contributed by atoms with Crippen LogP contribution in [-0.4, -0.2) is 24.6 Å². The minimum Gasteiger partial charge on any atom is -0.227 e. The molecule has 0 aliphatic carbocycles. The molecule has 0 radical (unpaired) electrons. The monoisotopic (exact) mass is 145 g/mol. The molecule has 0 spiro atoms. The lowest BCUT2D eigenvalue weighted by Crippen LogP contribution is -3.12. The first-order valence-electron chi connectivity index (χ1n) is 3.74. The number of nitrogens with one attached hydrogen (secondary N) is 1. The number of halogens is 1. The molecule has 0 saturated carbocycles. The second-order valence-electron chi connectivity index (χ2n) is 2.45. The number of likely N-dealkylation sites (N-methyl/N-ethyl adjacent to an activating group) is 1. The highest BCUT2D eigenvalue weighted by Crippen LogP contribution is 1.99. The number of rotatable bonds is 2. The quantitative estimate of drug-likeness (QED) is 0.572. The van der Waals surface area contributed by atoms with Crippen LogP contribution in [-0.2, 0) is 0 Å². The predicted molar refractivity (Wildman–Crippen MR) is 37.9 cm³/mol. The van der Waals surface area contributed by atoms with Crippen molar-refractivity contribution in [2.24, 2.45) is 0 Å². The van der Waals surface area contributed by atoms with Crippen molar-refractivity contribution in [3.8, 4) is 0 Å². The Balaban J connectivity index is 2.52. The van der Waals surface area contributed by atoms with Crippen LogP contribution in [0.25, 0.3) is 0 Å². The van der Waals surface area contributed by atoms with Crippen LogP contribution >= 0.6 is 0 Å². The van der Waals surface area contributed by atoms with Crippen molar-refractivity contribution in [2.75, 3.05) is 19.6 Å². The van der Waals surface area contributed by atoms with E-state index < -0.39 is 0 Å². The lowest BCUT2D eigenvalue weighted by molar-refractivity contribution is -0.961. The average molecular weight is 145 g/mol. The lowest BCUT2D eigenvalue weighted by Gasteiger charge is -2.18. The molecule has 0 aromatic heterocycles. The highest BCUT2D eigenvalue weighted by Gasteiger charge is 2.23. The molecule has 0 amide bonds. The summed E-state index contributed by atoms with van der Waals surface area (Å²) in [4.78, 5) is 0. The smallest absolute Gasteiger partial charge is 0.174 e. The van der Waals surface area contributed by atoms with Crippen LogP contribution in [0, 0.1) is 0 Å². The van der Waals surface area contributed by atoms with Gasteiger partial charge in [-0.2, -0.15) is 0 Å². The van der Waals surface area contributed by atoms with Crippen molar-refractivity contribution in [2.45, 2.75) is 13.8 Å². The number of hydrogen-bond acceptors (Lipinski definition) is 1. The fourth-order valence-electron chi connectivity index (χ4n) is 1.24. The zero-order valence-corrected chi connectivity index (χ0v) is 6.52. The van der Waals surface area contributed by atoms with Gasteiger partial charge in [-0.1, -0.05) is 0 Å². The van der Waals surface area contributed by atoms with Crippen molar-refractivity contribution in [3.05, 3.63) is 12.0 Å². The van der Waals surface area contributed by atoms with Gasteiger partial charge in [0.25, 0.3) is 0 Å². The van der Waals surface area contributed by atoms with Crippen LogP contribution in [0.1, 0.15) is 13.8 Å². The Labute approximate surface area is 60.9 Å². The molecule has 1 unspecified atom stereocenters. The summed E-state index contributed by atoms with van der Waals surface area (Å²) in [7, 11) is 0. The fourth-order valence-corrected chi connectivity index (χ4v) is 1.24. The van der Waals surface area contributed by atoms with Crippen LogP contribution in [0.15, 0.2) is 12.0 Å². The molecule has 1 N–H and O–H groups in total. The second-order valence-corrected chi connectivity index (χ2v) is 2.45. The Hall–Kier alpha value is -0.410. The first-order valence-corrected chi connectivity index (χ1v) is 3.74. The van der Waals surface area contributed by atoms with Crippen LogP contribution in [0.3, 0.4) is 0 Å². The van der Waals surface area contributed by atoms with Gasteiger partial charge in [-0.3, -0.25) is 0 Å². The lowest BCUT2D eigenvalue weighted by atomic mass is 10.6. The first kappa shape index (κ1) is 7.69. The Morgan fingerprint density at radius 3 is 2.80 bits per heavy atom. The molecule has 1 aliphatic heterocycles. The van der Waals surface area contributed by atoms with Gasteiger partial charge < -0.3 is 0 Å². The SMILES string of the molecule is CCN1CC(F)=C[NH+]1CC. The van der Waals surface area contributed by atoms with E-state index in [1.807, 2.05) is 13.8 Å². The summed E-state index contributed by atoms with van der Waals surface area (Å²) in [5, 5.41) is 3.18. The predicted octanol–water partition coefficient (Wildman–Crippen LogP) is -0.0474. The van der Waals surface area contributed by atoms with Gasteiger partial charge in [-0.05, 0) is 13.8 Å². The van der Waals surface area contributed by atoms with Crippen molar-refractivity contribution in [1.82, 2.24) is 5.01 Å². The molecule has 2 nitrogen and oxygen atoms in total. The number of quaternary nitrogens is 1. The molecule has 1 atom stereocenters. The Morgan fingerprint density at radius 1 is 1.70 bits per heavy atom. The van der Waals surface area contributed by atoms with E-state index in [0.29, 0.717) is 6.54 Å². The summed E-state index contributed by atoms with van der Waals surface area (Å²) in [6, 6.07) is 0. The summed E-state index contributed by atoms with van der Waals surface area (Å²) in [5.41, 5.74) is 0. The van der Waals surface area contributed by atoms with E-state index in [9.17, 15) is 4.39 Å². The Kier molecular flexibility index (Phi) is 2.40. The second kappa shape index (κ2) is 3.12. The molecule has 1 rings (SSSR count). The summed E-state index contributed by atoms with van der Waals surface area (Å²) >= 11 is 0. The normalized spacial score (nSPS) is 27.1. The van der Waals surface area contributed by atoms with Crippen LogP contribution in [0.5, 0.6) is 0 Å². The highest BCUT2D eigenvalue weighted by atomic mass is 19.1. The summed E-state index contributed by atoms with van der Waals surface area (Å²) in [6.07, 6.45) is 1.64. The summed E-state index contributed by atoms with van der Waals surface area (Å²) in [5.74, 6) is -0.00120. The third kappa shape index (κ3) is 1.36. The third-order valence-corrected chi connectivity index (χ3v) is 1.82. The molecule has 1 aliphatic rings. The van der Waals surface area contributed by atoms with Crippen molar-refractivity contribution in [1.29, 1.82) is 0 Å². The molecule has 0 aromatic rings. The molecular formula is C7H14FN2+. The van der Waals surface area contributed by atoms with Crippen LogP contribution in [0.4, 0.5) is 4.39 Å². The molecular weight excluding hydrogens is 131 g/mol. The van der Waals surface area contributed by atoms with Gasteiger partial charge in [-0.15, -0.1) is 5.01 Å². The van der Waals surface area contributed by atoms with E-state index in [4.69, 9.17) is 0 Å². The van der Waals surface area contributed by atoms with Gasteiger partial charge in [0.1, 0.15) is 12.7 Å². The molecule has 0 saturated heterocycles. The zero-order chi connectivity index (χ0) is 7.56. The van der Waals surface area contributed by atoms with Gasteiger partial charge in [0.15, 0.2) is 5.83 Å². The summed E-state index contributed by atoms with van der Waals surface area (Å²) < 4.78 is 12.6. The average Bonchev–Trinajstić information content (AvgIpc) is 2.30. The highest BCUT2D eigenvalue weighted by molar-refractivity contribution is 4.90. The Morgan fingerprint density at radius 2 is 2.40 bits per heavy atom. The maximum absolute atomic E-state index is 12.6. The van der Waals surface area contributed by atoms with E-state index in [-0.39, 0.29) is 5.83 Å². The van der Waals surface area contributed by atoms with E-state index in [0.717, 1.165) is 18.1 Å². The molecule has 0 bridgehead atoms. The molecule has 3 heteroatoms.